The summed E-state index contributed by atoms with van der Waals surface area (Å²) in [4.78, 5) is 11.9. The van der Waals surface area contributed by atoms with E-state index >= 15 is 0 Å². The Labute approximate surface area is 170 Å². The zero-order valence-electron chi connectivity index (χ0n) is 14.7. The molecule has 27 heavy (non-hydrogen) atoms. The summed E-state index contributed by atoms with van der Waals surface area (Å²) in [5.41, 5.74) is 2.06. The summed E-state index contributed by atoms with van der Waals surface area (Å²) in [7, 11) is 0. The molecule has 6 heteroatoms. The Morgan fingerprint density at radius 1 is 1.11 bits per heavy atom. The van der Waals surface area contributed by atoms with E-state index in [-0.39, 0.29) is 12.1 Å². The van der Waals surface area contributed by atoms with Crippen LogP contribution in [0, 0.1) is 0 Å². The van der Waals surface area contributed by atoms with Gasteiger partial charge in [-0.25, -0.2) is 4.99 Å². The fourth-order valence-corrected chi connectivity index (χ4v) is 5.06. The smallest absolute Gasteiger partial charge is 0.161 e. The molecular formula is C21H18BrN3OS. The minimum absolute atomic E-state index is 0.0369. The second-order valence-electron chi connectivity index (χ2n) is 6.85. The molecule has 0 spiro atoms. The van der Waals surface area contributed by atoms with Gasteiger partial charge in [0.05, 0.1) is 5.69 Å². The number of rotatable bonds is 3. The fourth-order valence-electron chi connectivity index (χ4n) is 3.71. The Hall–Kier alpha value is -2.05. The first-order chi connectivity index (χ1) is 13.2. The molecule has 4 nitrogen and oxygen atoms in total. The zero-order chi connectivity index (χ0) is 18.4. The highest BCUT2D eigenvalue weighted by atomic mass is 79.9. The molecule has 0 radical (unpaired) electrons. The maximum absolute atomic E-state index is 6.32. The Morgan fingerprint density at radius 2 is 1.96 bits per heavy atom. The Kier molecular flexibility index (Phi) is 4.32. The van der Waals surface area contributed by atoms with Crippen molar-refractivity contribution in [3.05, 3.63) is 76.7 Å². The van der Waals surface area contributed by atoms with Crippen LogP contribution in [0.5, 0.6) is 0 Å². The van der Waals surface area contributed by atoms with E-state index in [4.69, 9.17) is 9.41 Å². The van der Waals surface area contributed by atoms with Gasteiger partial charge in [-0.3, -0.25) is 4.98 Å². The van der Waals surface area contributed by atoms with Crippen molar-refractivity contribution in [1.29, 1.82) is 0 Å². The van der Waals surface area contributed by atoms with E-state index in [0.29, 0.717) is 5.25 Å². The summed E-state index contributed by atoms with van der Waals surface area (Å²) in [6, 6.07) is 18.4. The molecule has 0 aliphatic carbocycles. The van der Waals surface area contributed by atoms with Crippen LogP contribution in [0.4, 0.5) is 0 Å². The van der Waals surface area contributed by atoms with E-state index in [1.54, 1.807) is 0 Å². The highest BCUT2D eigenvalue weighted by Gasteiger charge is 2.45. The molecule has 0 bridgehead atoms. The van der Waals surface area contributed by atoms with Crippen molar-refractivity contribution < 1.29 is 4.42 Å². The van der Waals surface area contributed by atoms with Gasteiger partial charge in [0.1, 0.15) is 23.6 Å². The van der Waals surface area contributed by atoms with Crippen LogP contribution in [0.1, 0.15) is 30.5 Å². The number of furan rings is 1. The molecule has 0 saturated carbocycles. The van der Waals surface area contributed by atoms with E-state index in [1.165, 1.54) is 0 Å². The summed E-state index contributed by atoms with van der Waals surface area (Å²) in [5.74, 6) is 1.82. The molecule has 0 amide bonds. The number of aliphatic imine (C=N–C) groups is 1. The largest absolute Gasteiger partial charge is 0.459 e. The Morgan fingerprint density at radius 3 is 2.74 bits per heavy atom. The van der Waals surface area contributed by atoms with Crippen molar-refractivity contribution in [3.8, 4) is 11.3 Å². The Balaban J connectivity index is 1.53. The molecule has 2 aliphatic rings. The quantitative estimate of drug-likeness (QED) is 0.525. The lowest BCUT2D eigenvalue weighted by atomic mass is 10.0. The molecule has 2 aromatic heterocycles. The van der Waals surface area contributed by atoms with E-state index in [1.807, 2.05) is 42.2 Å². The standard InChI is InChI=1S/C21H18BrN3OS/c1-13-12-25-20(19(24-21(25)27-13)16-4-2-3-11-23-16)18-10-9-17(26-18)14-5-7-15(22)8-6-14/h2-11,13,19-20H,12H2,1H3/t13-,19-,20+/m1/s1. The van der Waals surface area contributed by atoms with E-state index < -0.39 is 0 Å². The first kappa shape index (κ1) is 17.1. The molecule has 1 fully saturated rings. The fraction of sp³-hybridized carbons (Fsp3) is 0.238. The van der Waals surface area contributed by atoms with Crippen LogP contribution in [-0.4, -0.2) is 26.8 Å². The molecule has 5 rings (SSSR count). The van der Waals surface area contributed by atoms with Crippen molar-refractivity contribution in [1.82, 2.24) is 9.88 Å². The van der Waals surface area contributed by atoms with Crippen LogP contribution >= 0.6 is 27.7 Å². The van der Waals surface area contributed by atoms with Crippen LogP contribution in [0.15, 0.2) is 74.7 Å². The predicted molar refractivity (Wildman–Crippen MR) is 113 cm³/mol. The van der Waals surface area contributed by atoms with Crippen LogP contribution in [0.3, 0.4) is 0 Å². The number of benzene rings is 1. The number of pyridine rings is 1. The van der Waals surface area contributed by atoms with Gasteiger partial charge in [-0.15, -0.1) is 0 Å². The first-order valence-electron chi connectivity index (χ1n) is 8.97. The van der Waals surface area contributed by atoms with Gasteiger partial charge in [0.2, 0.25) is 0 Å². The van der Waals surface area contributed by atoms with E-state index in [9.17, 15) is 0 Å². The molecule has 1 saturated heterocycles. The maximum Gasteiger partial charge on any atom is 0.161 e. The Bertz CT molecular complexity index is 986. The number of halogens is 1. The number of thioether (sulfide) groups is 1. The van der Waals surface area contributed by atoms with E-state index in [2.05, 4.69) is 63.1 Å². The predicted octanol–water partition coefficient (Wildman–Crippen LogP) is 5.69. The van der Waals surface area contributed by atoms with Crippen molar-refractivity contribution >= 4 is 32.9 Å². The first-order valence-corrected chi connectivity index (χ1v) is 10.6. The lowest BCUT2D eigenvalue weighted by Crippen LogP contribution is -2.28. The SMILES string of the molecule is C[C@@H]1CN2C(=N[C@H](c3ccccn3)[C@@H]2c2ccc(-c3ccc(Br)cc3)o2)S1. The normalized spacial score (nSPS) is 24.1. The molecule has 4 heterocycles. The minimum atomic E-state index is -0.0369. The van der Waals surface area contributed by atoms with Gasteiger partial charge in [-0.05, 0) is 36.4 Å². The second kappa shape index (κ2) is 6.84. The maximum atomic E-state index is 6.32. The third-order valence-electron chi connectivity index (χ3n) is 4.93. The summed E-state index contributed by atoms with van der Waals surface area (Å²) in [5, 5.41) is 1.64. The third-order valence-corrected chi connectivity index (χ3v) is 6.56. The molecule has 3 aromatic rings. The highest BCUT2D eigenvalue weighted by Crippen LogP contribution is 2.48. The lowest BCUT2D eigenvalue weighted by molar-refractivity contribution is 0.277. The second-order valence-corrected chi connectivity index (χ2v) is 9.17. The van der Waals surface area contributed by atoms with Gasteiger partial charge < -0.3 is 9.32 Å². The van der Waals surface area contributed by atoms with Crippen LogP contribution < -0.4 is 0 Å². The topological polar surface area (TPSA) is 41.6 Å². The molecule has 0 N–H and O–H groups in total. The number of hydrogen-bond acceptors (Lipinski definition) is 5. The molecule has 0 unspecified atom stereocenters. The number of amidine groups is 1. The van der Waals surface area contributed by atoms with Crippen LogP contribution in [-0.2, 0) is 0 Å². The van der Waals surface area contributed by atoms with Gasteiger partial charge in [-0.1, -0.05) is 52.8 Å². The van der Waals surface area contributed by atoms with Crippen molar-refractivity contribution in [2.75, 3.05) is 6.54 Å². The summed E-state index contributed by atoms with van der Waals surface area (Å²) < 4.78 is 7.38. The highest BCUT2D eigenvalue weighted by molar-refractivity contribution is 9.10. The van der Waals surface area contributed by atoms with Gasteiger partial charge in [0.25, 0.3) is 0 Å². The van der Waals surface area contributed by atoms with Gasteiger partial charge in [0, 0.05) is 28.0 Å². The number of nitrogens with zero attached hydrogens (tertiary/aromatic N) is 3. The monoisotopic (exact) mass is 439 g/mol. The van der Waals surface area contributed by atoms with Gasteiger partial charge in [-0.2, -0.15) is 0 Å². The van der Waals surface area contributed by atoms with Gasteiger partial charge in [0.15, 0.2) is 5.17 Å². The van der Waals surface area contributed by atoms with Gasteiger partial charge >= 0.3 is 0 Å². The molecule has 136 valence electrons. The van der Waals surface area contributed by atoms with Crippen LogP contribution in [0.25, 0.3) is 11.3 Å². The van der Waals surface area contributed by atoms with Crippen molar-refractivity contribution in [3.63, 3.8) is 0 Å². The zero-order valence-corrected chi connectivity index (χ0v) is 17.2. The third kappa shape index (κ3) is 3.11. The van der Waals surface area contributed by atoms with Crippen molar-refractivity contribution in [2.45, 2.75) is 24.3 Å². The van der Waals surface area contributed by atoms with Crippen LogP contribution in [0.2, 0.25) is 0 Å². The molecule has 2 aliphatic heterocycles. The number of hydrogen-bond donors (Lipinski definition) is 0. The minimum Gasteiger partial charge on any atom is -0.459 e. The average Bonchev–Trinajstić information content (AvgIpc) is 3.37. The lowest BCUT2D eigenvalue weighted by Gasteiger charge is -2.25. The summed E-state index contributed by atoms with van der Waals surface area (Å²) in [6.07, 6.45) is 1.83. The number of aromatic nitrogens is 1. The molecular weight excluding hydrogens is 422 g/mol. The van der Waals surface area contributed by atoms with E-state index in [0.717, 1.165) is 39.0 Å². The summed E-state index contributed by atoms with van der Waals surface area (Å²) >= 11 is 5.32. The molecule has 3 atom stereocenters. The summed E-state index contributed by atoms with van der Waals surface area (Å²) in [6.45, 7) is 3.22. The molecule has 1 aromatic carbocycles. The van der Waals surface area contributed by atoms with Crippen molar-refractivity contribution in [2.24, 2.45) is 4.99 Å². The number of fused-ring (bicyclic) bond motifs is 1. The average molecular weight is 440 g/mol.